The van der Waals surface area contributed by atoms with E-state index in [0.717, 1.165) is 5.56 Å². The van der Waals surface area contributed by atoms with Crippen molar-refractivity contribution in [2.45, 2.75) is 38.3 Å². The molecule has 1 aromatic rings. The van der Waals surface area contributed by atoms with E-state index >= 15 is 0 Å². The fourth-order valence-electron chi connectivity index (χ4n) is 2.00. The molecule has 1 aromatic carbocycles. The van der Waals surface area contributed by atoms with Crippen molar-refractivity contribution in [3.63, 3.8) is 0 Å². The summed E-state index contributed by atoms with van der Waals surface area (Å²) in [7, 11) is -7.75. The number of halogens is 1. The van der Waals surface area contributed by atoms with E-state index in [-0.39, 0.29) is 10.5 Å². The van der Waals surface area contributed by atoms with E-state index in [1.807, 2.05) is 6.92 Å². The van der Waals surface area contributed by atoms with Crippen molar-refractivity contribution in [1.82, 2.24) is 0 Å². The zero-order valence-electron chi connectivity index (χ0n) is 10.6. The second-order valence-electron chi connectivity index (χ2n) is 3.79. The molecule has 0 aromatic heterocycles. The summed E-state index contributed by atoms with van der Waals surface area (Å²) in [4.78, 5) is 8.17. The molecule has 0 fully saturated rings. The molecular formula is C11H15FO5PS+. The lowest BCUT2D eigenvalue weighted by atomic mass is 9.98. The molecule has 1 unspecified atom stereocenters. The Bertz CT molecular complexity index is 585. The van der Waals surface area contributed by atoms with Crippen molar-refractivity contribution in [2.75, 3.05) is 0 Å². The van der Waals surface area contributed by atoms with Crippen molar-refractivity contribution >= 4 is 18.4 Å². The van der Waals surface area contributed by atoms with Crippen LogP contribution in [0.4, 0.5) is 4.39 Å². The third-order valence-corrected chi connectivity index (χ3v) is 5.00. The molecule has 0 aliphatic rings. The van der Waals surface area contributed by atoms with E-state index in [9.17, 15) is 17.4 Å². The van der Waals surface area contributed by atoms with Crippen LogP contribution in [0, 0.1) is 0 Å². The molecule has 0 heterocycles. The van der Waals surface area contributed by atoms with Crippen LogP contribution in [-0.4, -0.2) is 13.3 Å². The van der Waals surface area contributed by atoms with E-state index < -0.39 is 25.0 Å². The highest BCUT2D eigenvalue weighted by Crippen LogP contribution is 2.31. The van der Waals surface area contributed by atoms with Crippen LogP contribution in [0.15, 0.2) is 17.0 Å². The summed E-state index contributed by atoms with van der Waals surface area (Å²) in [5.41, 5.74) is 1.45. The first-order valence-corrected chi connectivity index (χ1v) is 8.21. The van der Waals surface area contributed by atoms with E-state index in [2.05, 4.69) is 3.97 Å². The maximum atomic E-state index is 13.2. The number of rotatable bonds is 6. The zero-order chi connectivity index (χ0) is 14.6. The molecule has 1 rings (SSSR count). The van der Waals surface area contributed by atoms with Gasteiger partial charge in [-0.2, -0.15) is 8.42 Å². The van der Waals surface area contributed by atoms with Gasteiger partial charge in [0, 0.05) is 14.1 Å². The molecular weight excluding hydrogens is 294 g/mol. The molecule has 5 nitrogen and oxygen atoms in total. The topological polar surface area (TPSA) is 80.7 Å². The van der Waals surface area contributed by atoms with Crippen LogP contribution in [0.1, 0.15) is 30.5 Å². The standard InChI is InChI=1S/C11H14FO5PS/c1-3-8-5-6-11(10(7-12)9(8)4-2)19(15,16)17-18(13)14/h5-6H,3-4,7H2,1-2H3/p+1. The summed E-state index contributed by atoms with van der Waals surface area (Å²) in [6.07, 6.45) is 1.11. The molecule has 8 heteroatoms. The fourth-order valence-corrected chi connectivity index (χ4v) is 3.70. The number of benzene rings is 1. The molecule has 0 aliphatic carbocycles. The Morgan fingerprint density at radius 2 is 1.89 bits per heavy atom. The Kier molecular flexibility index (Phi) is 5.55. The van der Waals surface area contributed by atoms with Crippen LogP contribution < -0.4 is 0 Å². The van der Waals surface area contributed by atoms with Crippen LogP contribution in [0.3, 0.4) is 0 Å². The van der Waals surface area contributed by atoms with Crippen molar-refractivity contribution in [3.05, 3.63) is 28.8 Å². The fraction of sp³-hybridized carbons (Fsp3) is 0.455. The molecule has 1 atom stereocenters. The molecule has 0 amide bonds. The maximum absolute atomic E-state index is 13.2. The van der Waals surface area contributed by atoms with Crippen molar-refractivity contribution in [2.24, 2.45) is 0 Å². The van der Waals surface area contributed by atoms with Gasteiger partial charge in [0.2, 0.25) is 0 Å². The van der Waals surface area contributed by atoms with Gasteiger partial charge in [-0.3, -0.25) is 0 Å². The van der Waals surface area contributed by atoms with Crippen molar-refractivity contribution in [1.29, 1.82) is 0 Å². The second kappa shape index (κ2) is 6.52. The van der Waals surface area contributed by atoms with E-state index in [4.69, 9.17) is 4.89 Å². The van der Waals surface area contributed by atoms with Gasteiger partial charge in [0.05, 0.1) is 0 Å². The highest BCUT2D eigenvalue weighted by atomic mass is 32.2. The van der Waals surface area contributed by atoms with Crippen LogP contribution in [0.5, 0.6) is 0 Å². The Morgan fingerprint density at radius 1 is 1.26 bits per heavy atom. The van der Waals surface area contributed by atoms with Crippen molar-refractivity contribution < 1.29 is 26.2 Å². The summed E-state index contributed by atoms with van der Waals surface area (Å²) >= 11 is 0. The zero-order valence-corrected chi connectivity index (χ0v) is 12.3. The molecule has 106 valence electrons. The van der Waals surface area contributed by atoms with Gasteiger partial charge in [-0.15, -0.1) is 4.89 Å². The van der Waals surface area contributed by atoms with Gasteiger partial charge in [0.15, 0.2) is 0 Å². The van der Waals surface area contributed by atoms with Gasteiger partial charge in [-0.05, 0) is 30.0 Å². The van der Waals surface area contributed by atoms with E-state index in [1.54, 1.807) is 13.0 Å². The van der Waals surface area contributed by atoms with Gasteiger partial charge >= 0.3 is 18.4 Å². The van der Waals surface area contributed by atoms with Crippen LogP contribution in [-0.2, 0) is 38.2 Å². The summed E-state index contributed by atoms with van der Waals surface area (Å²) in [6.45, 7) is 2.69. The lowest BCUT2D eigenvalue weighted by molar-refractivity contribution is 0.402. The first-order chi connectivity index (χ1) is 8.87. The SMILES string of the molecule is CCc1ccc(S(=O)(=O)O[P+](=O)O)c(CF)c1CC. The highest BCUT2D eigenvalue weighted by Gasteiger charge is 2.32. The normalized spacial score (nSPS) is 12.5. The van der Waals surface area contributed by atoms with Gasteiger partial charge in [-0.25, -0.2) is 4.39 Å². The van der Waals surface area contributed by atoms with E-state index in [0.29, 0.717) is 18.4 Å². The van der Waals surface area contributed by atoms with Gasteiger partial charge in [0.1, 0.15) is 11.6 Å². The highest BCUT2D eigenvalue weighted by molar-refractivity contribution is 7.89. The Labute approximate surface area is 112 Å². The number of aryl methyl sites for hydroxylation is 1. The predicted molar refractivity (Wildman–Crippen MR) is 68.1 cm³/mol. The van der Waals surface area contributed by atoms with Crippen LogP contribution in [0.25, 0.3) is 0 Å². The second-order valence-corrected chi connectivity index (χ2v) is 6.21. The number of hydrogen-bond donors (Lipinski definition) is 1. The monoisotopic (exact) mass is 309 g/mol. The molecule has 0 aliphatic heterocycles. The minimum absolute atomic E-state index is 0.00120. The first-order valence-electron chi connectivity index (χ1n) is 5.67. The minimum Gasteiger partial charge on any atom is -0.246 e. The van der Waals surface area contributed by atoms with Gasteiger partial charge in [-0.1, -0.05) is 19.9 Å². The first kappa shape index (κ1) is 16.2. The Morgan fingerprint density at radius 3 is 2.32 bits per heavy atom. The van der Waals surface area contributed by atoms with Crippen LogP contribution >= 0.6 is 8.25 Å². The van der Waals surface area contributed by atoms with Crippen molar-refractivity contribution in [3.8, 4) is 0 Å². The third-order valence-electron chi connectivity index (χ3n) is 2.78. The number of alkyl halides is 1. The number of hydrogen-bond acceptors (Lipinski definition) is 4. The molecule has 0 bridgehead atoms. The minimum atomic E-state index is -4.43. The summed E-state index contributed by atoms with van der Waals surface area (Å²) in [6, 6.07) is 2.78. The molecule has 0 saturated carbocycles. The molecule has 19 heavy (non-hydrogen) atoms. The molecule has 1 N–H and O–H groups in total. The molecule has 0 radical (unpaired) electrons. The average Bonchev–Trinajstić information content (AvgIpc) is 2.34. The molecule has 0 saturated heterocycles. The van der Waals surface area contributed by atoms with Gasteiger partial charge < -0.3 is 0 Å². The summed E-state index contributed by atoms with van der Waals surface area (Å²) in [5.74, 6) is 0. The lowest BCUT2D eigenvalue weighted by Crippen LogP contribution is -2.09. The van der Waals surface area contributed by atoms with Gasteiger partial charge in [0.25, 0.3) is 0 Å². The molecule has 0 spiro atoms. The maximum Gasteiger partial charge on any atom is 0.712 e. The average molecular weight is 309 g/mol. The van der Waals surface area contributed by atoms with Crippen LogP contribution in [0.2, 0.25) is 0 Å². The third kappa shape index (κ3) is 3.57. The quantitative estimate of drug-likeness (QED) is 0.817. The van der Waals surface area contributed by atoms with E-state index in [1.165, 1.54) is 6.07 Å². The lowest BCUT2D eigenvalue weighted by Gasteiger charge is -2.13. The smallest absolute Gasteiger partial charge is 0.246 e. The summed E-state index contributed by atoms with van der Waals surface area (Å²) in [5, 5.41) is 0. The Hall–Kier alpha value is -0.880. The Balaban J connectivity index is 3.49. The predicted octanol–water partition coefficient (Wildman–Crippen LogP) is 2.64. The summed E-state index contributed by atoms with van der Waals surface area (Å²) < 4.78 is 51.2. The largest absolute Gasteiger partial charge is 0.712 e.